The third-order valence-corrected chi connectivity index (χ3v) is 3.15. The van der Waals surface area contributed by atoms with Crippen molar-refractivity contribution in [1.29, 1.82) is 0 Å². The number of nitrogens with zero attached hydrogens (tertiary/aromatic N) is 3. The highest BCUT2D eigenvalue weighted by atomic mass is 16.5. The third kappa shape index (κ3) is 4.14. The first-order valence-corrected chi connectivity index (χ1v) is 7.11. The van der Waals surface area contributed by atoms with Gasteiger partial charge >= 0.3 is 0 Å². The number of rotatable bonds is 5. The first-order chi connectivity index (χ1) is 9.19. The summed E-state index contributed by atoms with van der Waals surface area (Å²) in [6.45, 7) is 9.92. The Labute approximate surface area is 115 Å². The molecule has 1 aromatic heterocycles. The Morgan fingerprint density at radius 2 is 1.89 bits per heavy atom. The van der Waals surface area contributed by atoms with Crippen LogP contribution in [0, 0.1) is 0 Å². The standard InChI is InChI=1S/C14H24N4O/c1-4-5-15-6-13-7-16-14(17-8-13)18-9-11(2)19-12(3)10-18/h7-8,11-12,15H,4-6,9-10H2,1-3H3. The zero-order chi connectivity index (χ0) is 13.7. The molecule has 0 saturated carbocycles. The summed E-state index contributed by atoms with van der Waals surface area (Å²) in [4.78, 5) is 11.1. The number of hydrogen-bond donors (Lipinski definition) is 1. The van der Waals surface area contributed by atoms with E-state index in [4.69, 9.17) is 4.74 Å². The lowest BCUT2D eigenvalue weighted by Crippen LogP contribution is -2.46. The van der Waals surface area contributed by atoms with Gasteiger partial charge in [-0.05, 0) is 26.8 Å². The Hall–Kier alpha value is -1.20. The Bertz CT molecular complexity index is 372. The van der Waals surface area contributed by atoms with Gasteiger partial charge in [-0.3, -0.25) is 0 Å². The molecule has 1 fully saturated rings. The van der Waals surface area contributed by atoms with E-state index in [0.29, 0.717) is 0 Å². The Morgan fingerprint density at radius 1 is 1.26 bits per heavy atom. The molecule has 1 aromatic rings. The summed E-state index contributed by atoms with van der Waals surface area (Å²) in [5.41, 5.74) is 1.13. The van der Waals surface area contributed by atoms with Crippen molar-refractivity contribution in [3.8, 4) is 0 Å². The van der Waals surface area contributed by atoms with Gasteiger partial charge in [0.25, 0.3) is 0 Å². The third-order valence-electron chi connectivity index (χ3n) is 3.15. The van der Waals surface area contributed by atoms with E-state index in [-0.39, 0.29) is 12.2 Å². The fourth-order valence-electron chi connectivity index (χ4n) is 2.35. The highest BCUT2D eigenvalue weighted by Gasteiger charge is 2.23. The van der Waals surface area contributed by atoms with Crippen molar-refractivity contribution in [3.63, 3.8) is 0 Å². The van der Waals surface area contributed by atoms with Crippen molar-refractivity contribution < 1.29 is 4.74 Å². The smallest absolute Gasteiger partial charge is 0.225 e. The van der Waals surface area contributed by atoms with Gasteiger partial charge in [-0.15, -0.1) is 0 Å². The van der Waals surface area contributed by atoms with Gasteiger partial charge in [0.1, 0.15) is 0 Å². The molecule has 0 bridgehead atoms. The van der Waals surface area contributed by atoms with Crippen molar-refractivity contribution in [2.24, 2.45) is 0 Å². The van der Waals surface area contributed by atoms with E-state index in [0.717, 1.165) is 44.1 Å². The minimum absolute atomic E-state index is 0.234. The van der Waals surface area contributed by atoms with E-state index in [1.165, 1.54) is 0 Å². The molecule has 5 nitrogen and oxygen atoms in total. The van der Waals surface area contributed by atoms with Crippen LogP contribution in [0.3, 0.4) is 0 Å². The molecular weight excluding hydrogens is 240 g/mol. The van der Waals surface area contributed by atoms with E-state index in [9.17, 15) is 0 Å². The van der Waals surface area contributed by atoms with Gasteiger partial charge in [0, 0.05) is 37.6 Å². The molecule has 0 aliphatic carbocycles. The van der Waals surface area contributed by atoms with Crippen LogP contribution in [0.1, 0.15) is 32.8 Å². The van der Waals surface area contributed by atoms with Crippen LogP contribution >= 0.6 is 0 Å². The number of anilines is 1. The first kappa shape index (κ1) is 14.2. The van der Waals surface area contributed by atoms with E-state index < -0.39 is 0 Å². The maximum absolute atomic E-state index is 5.72. The minimum Gasteiger partial charge on any atom is -0.372 e. The lowest BCUT2D eigenvalue weighted by molar-refractivity contribution is -0.00572. The van der Waals surface area contributed by atoms with E-state index in [1.54, 1.807) is 0 Å². The SMILES string of the molecule is CCCNCc1cnc(N2CC(C)OC(C)C2)nc1. The molecular formula is C14H24N4O. The summed E-state index contributed by atoms with van der Waals surface area (Å²) in [5.74, 6) is 0.807. The minimum atomic E-state index is 0.234. The van der Waals surface area contributed by atoms with Crippen molar-refractivity contribution >= 4 is 5.95 Å². The van der Waals surface area contributed by atoms with Gasteiger partial charge in [-0.1, -0.05) is 6.92 Å². The highest BCUT2D eigenvalue weighted by molar-refractivity contribution is 5.31. The molecule has 106 valence electrons. The molecule has 1 aliphatic rings. The van der Waals surface area contributed by atoms with Crippen molar-refractivity contribution in [2.45, 2.75) is 45.9 Å². The number of hydrogen-bond acceptors (Lipinski definition) is 5. The molecule has 0 spiro atoms. The second-order valence-electron chi connectivity index (χ2n) is 5.23. The van der Waals surface area contributed by atoms with Crippen LogP contribution in [-0.2, 0) is 11.3 Å². The molecule has 1 N–H and O–H groups in total. The number of ether oxygens (including phenoxy) is 1. The van der Waals surface area contributed by atoms with Gasteiger partial charge in [0.05, 0.1) is 12.2 Å². The highest BCUT2D eigenvalue weighted by Crippen LogP contribution is 2.16. The maximum Gasteiger partial charge on any atom is 0.225 e. The summed E-state index contributed by atoms with van der Waals surface area (Å²) >= 11 is 0. The lowest BCUT2D eigenvalue weighted by Gasteiger charge is -2.35. The molecule has 1 aliphatic heterocycles. The summed E-state index contributed by atoms with van der Waals surface area (Å²) in [7, 11) is 0. The van der Waals surface area contributed by atoms with Crippen molar-refractivity contribution in [1.82, 2.24) is 15.3 Å². The second kappa shape index (κ2) is 6.82. The fraction of sp³-hybridized carbons (Fsp3) is 0.714. The second-order valence-corrected chi connectivity index (χ2v) is 5.23. The van der Waals surface area contributed by atoms with Crippen molar-refractivity contribution in [3.05, 3.63) is 18.0 Å². The van der Waals surface area contributed by atoms with Crippen LogP contribution in [0.15, 0.2) is 12.4 Å². The van der Waals surface area contributed by atoms with Gasteiger partial charge in [0.15, 0.2) is 0 Å². The van der Waals surface area contributed by atoms with Crippen molar-refractivity contribution in [2.75, 3.05) is 24.5 Å². The van der Waals surface area contributed by atoms with E-state index in [1.807, 2.05) is 12.4 Å². The zero-order valence-corrected chi connectivity index (χ0v) is 12.1. The Morgan fingerprint density at radius 3 is 2.47 bits per heavy atom. The molecule has 19 heavy (non-hydrogen) atoms. The average Bonchev–Trinajstić information content (AvgIpc) is 2.39. The largest absolute Gasteiger partial charge is 0.372 e. The summed E-state index contributed by atoms with van der Waals surface area (Å²) < 4.78 is 5.72. The van der Waals surface area contributed by atoms with Crippen LogP contribution in [0.25, 0.3) is 0 Å². The Balaban J connectivity index is 1.93. The summed E-state index contributed by atoms with van der Waals surface area (Å²) in [6, 6.07) is 0. The zero-order valence-electron chi connectivity index (χ0n) is 12.1. The van der Waals surface area contributed by atoms with E-state index in [2.05, 4.69) is 41.0 Å². The molecule has 2 heterocycles. The van der Waals surface area contributed by atoms with Crippen LogP contribution < -0.4 is 10.2 Å². The summed E-state index contributed by atoms with van der Waals surface area (Å²) in [5, 5.41) is 3.35. The van der Waals surface area contributed by atoms with Crippen LogP contribution in [-0.4, -0.2) is 41.8 Å². The molecule has 2 unspecified atom stereocenters. The van der Waals surface area contributed by atoms with Gasteiger partial charge in [-0.2, -0.15) is 0 Å². The van der Waals surface area contributed by atoms with Crippen LogP contribution in [0.5, 0.6) is 0 Å². The van der Waals surface area contributed by atoms with Gasteiger partial charge < -0.3 is 15.0 Å². The number of morpholine rings is 1. The predicted molar refractivity (Wildman–Crippen MR) is 76.3 cm³/mol. The van der Waals surface area contributed by atoms with Gasteiger partial charge in [-0.25, -0.2) is 9.97 Å². The van der Waals surface area contributed by atoms with Crippen LogP contribution in [0.4, 0.5) is 5.95 Å². The van der Waals surface area contributed by atoms with E-state index >= 15 is 0 Å². The quantitative estimate of drug-likeness (QED) is 0.819. The molecule has 0 amide bonds. The summed E-state index contributed by atoms with van der Waals surface area (Å²) in [6.07, 6.45) is 5.44. The Kier molecular flexibility index (Phi) is 5.10. The number of nitrogens with one attached hydrogen (secondary N) is 1. The topological polar surface area (TPSA) is 50.3 Å². The molecule has 2 rings (SSSR count). The monoisotopic (exact) mass is 264 g/mol. The molecule has 1 saturated heterocycles. The predicted octanol–water partition coefficient (Wildman–Crippen LogP) is 1.59. The lowest BCUT2D eigenvalue weighted by atomic mass is 10.2. The average molecular weight is 264 g/mol. The maximum atomic E-state index is 5.72. The molecule has 0 aromatic carbocycles. The normalized spacial score (nSPS) is 23.6. The fourth-order valence-corrected chi connectivity index (χ4v) is 2.35. The van der Waals surface area contributed by atoms with Crippen LogP contribution in [0.2, 0.25) is 0 Å². The molecule has 0 radical (unpaired) electrons. The molecule has 2 atom stereocenters. The first-order valence-electron chi connectivity index (χ1n) is 7.11. The molecule has 5 heteroatoms. The van der Waals surface area contributed by atoms with Gasteiger partial charge in [0.2, 0.25) is 5.95 Å². The number of aromatic nitrogens is 2.